The molecular weight excluding hydrogens is 511 g/mol. The molecule has 10 heteroatoms. The van der Waals surface area contributed by atoms with Crippen molar-refractivity contribution in [3.8, 4) is 11.5 Å². The van der Waals surface area contributed by atoms with E-state index in [1.807, 2.05) is 19.1 Å². The second-order valence-electron chi connectivity index (χ2n) is 9.96. The number of likely N-dealkylation sites (tertiary alicyclic amines) is 1. The Morgan fingerprint density at radius 2 is 1.69 bits per heavy atom. The van der Waals surface area contributed by atoms with Crippen LogP contribution < -0.4 is 14.4 Å². The fourth-order valence-electron chi connectivity index (χ4n) is 5.52. The van der Waals surface area contributed by atoms with Gasteiger partial charge in [-0.3, -0.25) is 9.59 Å². The van der Waals surface area contributed by atoms with Crippen LogP contribution in [0.15, 0.2) is 54.6 Å². The third-order valence-electron chi connectivity index (χ3n) is 7.63. The number of pyridine rings is 1. The average Bonchev–Trinajstić information content (AvgIpc) is 3.24. The second-order valence-corrected chi connectivity index (χ2v) is 9.96. The number of ether oxygens (including phenoxy) is 2. The molecule has 0 N–H and O–H groups in total. The monoisotopic (exact) mass is 539 g/mol. The number of fused-ring (bicyclic) bond motifs is 2. The molecule has 0 bridgehead atoms. The summed E-state index contributed by atoms with van der Waals surface area (Å²) >= 11 is 0. The molecule has 3 heterocycles. The molecule has 0 radical (unpaired) electrons. The number of hydrogen-bond donors (Lipinski definition) is 0. The predicted octanol–water partition coefficient (Wildman–Crippen LogP) is 5.26. The smallest absolute Gasteiger partial charge is 0.433 e. The Kier molecular flexibility index (Phi) is 6.74. The Balaban J connectivity index is 1.40. The maximum Gasteiger partial charge on any atom is 0.433 e. The molecule has 0 saturated carbocycles. The van der Waals surface area contributed by atoms with Crippen LogP contribution in [-0.4, -0.2) is 55.6 Å². The molecule has 2 amide bonds. The molecular formula is C29H28F3N3O4. The average molecular weight is 540 g/mol. The van der Waals surface area contributed by atoms with Gasteiger partial charge in [0.15, 0.2) is 0 Å². The summed E-state index contributed by atoms with van der Waals surface area (Å²) in [6.45, 7) is 3.07. The van der Waals surface area contributed by atoms with E-state index < -0.39 is 23.2 Å². The number of carbonyl (C=O) groups excluding carboxylic acids is 2. The number of rotatable bonds is 4. The van der Waals surface area contributed by atoms with Crippen LogP contribution in [0.1, 0.15) is 50.5 Å². The van der Waals surface area contributed by atoms with Gasteiger partial charge in [0.05, 0.1) is 19.8 Å². The first-order valence-corrected chi connectivity index (χ1v) is 12.5. The lowest BCUT2D eigenvalue weighted by molar-refractivity contribution is -0.141. The zero-order valence-corrected chi connectivity index (χ0v) is 21.8. The van der Waals surface area contributed by atoms with Crippen LogP contribution >= 0.6 is 0 Å². The Hall–Kier alpha value is -4.08. The summed E-state index contributed by atoms with van der Waals surface area (Å²) in [5.41, 5.74) is 1.59. The fourth-order valence-corrected chi connectivity index (χ4v) is 5.52. The maximum atomic E-state index is 13.8. The summed E-state index contributed by atoms with van der Waals surface area (Å²) in [5.74, 6) is 0.241. The van der Waals surface area contributed by atoms with Crippen LogP contribution in [0.2, 0.25) is 0 Å². The van der Waals surface area contributed by atoms with Crippen molar-refractivity contribution in [2.24, 2.45) is 0 Å². The normalized spacial score (nSPS) is 16.3. The molecule has 0 atom stereocenters. The molecule has 1 aromatic heterocycles. The summed E-state index contributed by atoms with van der Waals surface area (Å²) < 4.78 is 50.1. The number of amides is 2. The molecule has 2 aromatic carbocycles. The zero-order valence-electron chi connectivity index (χ0n) is 21.8. The van der Waals surface area contributed by atoms with E-state index in [0.29, 0.717) is 49.5 Å². The number of alkyl halides is 3. The lowest BCUT2D eigenvalue weighted by atomic mass is 9.74. The van der Waals surface area contributed by atoms with E-state index in [2.05, 4.69) is 11.1 Å². The van der Waals surface area contributed by atoms with E-state index in [0.717, 1.165) is 22.9 Å². The third-order valence-corrected chi connectivity index (χ3v) is 7.63. The minimum absolute atomic E-state index is 0.205. The van der Waals surface area contributed by atoms with E-state index in [9.17, 15) is 22.8 Å². The highest BCUT2D eigenvalue weighted by atomic mass is 19.4. The summed E-state index contributed by atoms with van der Waals surface area (Å²) in [5, 5.41) is 0. The highest BCUT2D eigenvalue weighted by Crippen LogP contribution is 2.48. The van der Waals surface area contributed by atoms with Gasteiger partial charge >= 0.3 is 6.18 Å². The van der Waals surface area contributed by atoms with E-state index >= 15 is 0 Å². The number of aryl methyl sites for hydroxylation is 1. The second kappa shape index (κ2) is 9.91. The van der Waals surface area contributed by atoms with Gasteiger partial charge < -0.3 is 19.3 Å². The standard InChI is InChI=1S/C29H28F3N3O4/c1-18-7-10-23-21(15-18)28(17-35(23)26(36)20-9-8-19(38-2)16-24(20)39-3)11-13-34(14-12-28)27(37)22-5-4-6-25(33-22)29(30,31)32/h4-10,15-16H,11-14,17H2,1-3H3. The molecule has 0 aliphatic carbocycles. The van der Waals surface area contributed by atoms with Crippen molar-refractivity contribution in [2.75, 3.05) is 38.8 Å². The lowest BCUT2D eigenvalue weighted by Crippen LogP contribution is -2.48. The van der Waals surface area contributed by atoms with Crippen LogP contribution in [0.5, 0.6) is 11.5 Å². The van der Waals surface area contributed by atoms with Crippen LogP contribution in [0, 0.1) is 6.92 Å². The molecule has 39 heavy (non-hydrogen) atoms. The van der Waals surface area contributed by atoms with Gasteiger partial charge in [0.1, 0.15) is 22.9 Å². The van der Waals surface area contributed by atoms with Gasteiger partial charge in [-0.1, -0.05) is 23.8 Å². The number of halogens is 3. The Morgan fingerprint density at radius 1 is 0.949 bits per heavy atom. The lowest BCUT2D eigenvalue weighted by Gasteiger charge is -2.40. The quantitative estimate of drug-likeness (QED) is 0.452. The van der Waals surface area contributed by atoms with Gasteiger partial charge in [-0.25, -0.2) is 4.98 Å². The third kappa shape index (κ3) is 4.79. The SMILES string of the molecule is COc1ccc(C(=O)N2CC3(CCN(C(=O)c4cccc(C(F)(F)F)n4)CC3)c3cc(C)ccc32)c(OC)c1. The Labute approximate surface area is 224 Å². The summed E-state index contributed by atoms with van der Waals surface area (Å²) in [6, 6.07) is 14.4. The van der Waals surface area contributed by atoms with E-state index in [-0.39, 0.29) is 11.6 Å². The number of aromatic nitrogens is 1. The van der Waals surface area contributed by atoms with E-state index in [1.165, 1.54) is 19.2 Å². The van der Waals surface area contributed by atoms with Crippen molar-refractivity contribution in [1.29, 1.82) is 0 Å². The molecule has 3 aromatic rings. The van der Waals surface area contributed by atoms with Crippen molar-refractivity contribution >= 4 is 17.5 Å². The summed E-state index contributed by atoms with van der Waals surface area (Å²) in [7, 11) is 3.04. The molecule has 1 spiro atoms. The maximum absolute atomic E-state index is 13.8. The first kappa shape index (κ1) is 26.5. The molecule has 2 aliphatic rings. The molecule has 0 unspecified atom stereocenters. The first-order chi connectivity index (χ1) is 18.6. The number of carbonyl (C=O) groups is 2. The van der Waals surface area contributed by atoms with Crippen LogP contribution in [0.4, 0.5) is 18.9 Å². The fraction of sp³-hybridized carbons (Fsp3) is 0.345. The van der Waals surface area contributed by atoms with Gasteiger partial charge in [-0.15, -0.1) is 0 Å². The van der Waals surface area contributed by atoms with Crippen molar-refractivity contribution < 1.29 is 32.2 Å². The van der Waals surface area contributed by atoms with Gasteiger partial charge in [-0.2, -0.15) is 13.2 Å². The van der Waals surface area contributed by atoms with E-state index in [4.69, 9.17) is 9.47 Å². The van der Waals surface area contributed by atoms with Gasteiger partial charge in [0.2, 0.25) is 0 Å². The summed E-state index contributed by atoms with van der Waals surface area (Å²) in [4.78, 5) is 33.7. The number of hydrogen-bond acceptors (Lipinski definition) is 5. The summed E-state index contributed by atoms with van der Waals surface area (Å²) in [6.07, 6.45) is -3.52. The van der Waals surface area contributed by atoms with Crippen molar-refractivity contribution in [3.05, 3.63) is 82.7 Å². The highest BCUT2D eigenvalue weighted by molar-refractivity contribution is 6.09. The van der Waals surface area contributed by atoms with Crippen molar-refractivity contribution in [3.63, 3.8) is 0 Å². The molecule has 204 valence electrons. The van der Waals surface area contributed by atoms with Crippen molar-refractivity contribution in [1.82, 2.24) is 9.88 Å². The first-order valence-electron chi connectivity index (χ1n) is 12.5. The largest absolute Gasteiger partial charge is 0.497 e. The minimum atomic E-state index is -4.63. The highest BCUT2D eigenvalue weighted by Gasteiger charge is 2.47. The number of benzene rings is 2. The van der Waals surface area contributed by atoms with Gasteiger partial charge in [0, 0.05) is 36.8 Å². The van der Waals surface area contributed by atoms with Crippen LogP contribution in [0.25, 0.3) is 0 Å². The topological polar surface area (TPSA) is 72.0 Å². The molecule has 5 rings (SSSR count). The minimum Gasteiger partial charge on any atom is -0.497 e. The number of anilines is 1. The molecule has 7 nitrogen and oxygen atoms in total. The van der Waals surface area contributed by atoms with Crippen molar-refractivity contribution in [2.45, 2.75) is 31.4 Å². The zero-order chi connectivity index (χ0) is 27.9. The Bertz CT molecular complexity index is 1430. The number of nitrogens with zero attached hydrogens (tertiary/aromatic N) is 3. The number of piperidine rings is 1. The van der Waals surface area contributed by atoms with Gasteiger partial charge in [-0.05, 0) is 55.7 Å². The molecule has 1 saturated heterocycles. The van der Waals surface area contributed by atoms with E-state index in [1.54, 1.807) is 35.1 Å². The number of methoxy groups -OCH3 is 2. The van der Waals surface area contributed by atoms with Crippen LogP contribution in [-0.2, 0) is 11.6 Å². The van der Waals surface area contributed by atoms with Gasteiger partial charge in [0.25, 0.3) is 11.8 Å². The molecule has 1 fully saturated rings. The molecule has 2 aliphatic heterocycles. The predicted molar refractivity (Wildman–Crippen MR) is 138 cm³/mol. The van der Waals surface area contributed by atoms with Crippen LogP contribution in [0.3, 0.4) is 0 Å². The Morgan fingerprint density at radius 3 is 2.36 bits per heavy atom.